The quantitative estimate of drug-likeness (QED) is 0.299. The Balaban J connectivity index is 1.49. The first-order valence-corrected chi connectivity index (χ1v) is 12.5. The number of carbonyl (C=O) groups is 3. The Morgan fingerprint density at radius 2 is 1.47 bits per heavy atom. The van der Waals surface area contributed by atoms with Crippen molar-refractivity contribution in [2.24, 2.45) is 5.92 Å². The number of nitrogens with one attached hydrogen (secondary N) is 2. The summed E-state index contributed by atoms with van der Waals surface area (Å²) in [6.45, 7) is 3.13. The first-order valence-electron chi connectivity index (χ1n) is 12.5. The van der Waals surface area contributed by atoms with Gasteiger partial charge in [-0.2, -0.15) is 0 Å². The molecule has 178 valence electrons. The van der Waals surface area contributed by atoms with Gasteiger partial charge in [0.2, 0.25) is 17.7 Å². The van der Waals surface area contributed by atoms with Crippen molar-refractivity contribution in [1.29, 1.82) is 0 Å². The second-order valence-corrected chi connectivity index (χ2v) is 8.98. The molecule has 1 heterocycles. The molecule has 0 aromatic heterocycles. The van der Waals surface area contributed by atoms with Crippen LogP contribution in [0.4, 0.5) is 0 Å². The number of hydrazine groups is 1. The lowest BCUT2D eigenvalue weighted by Gasteiger charge is -2.16. The summed E-state index contributed by atoms with van der Waals surface area (Å²) in [7, 11) is 0. The van der Waals surface area contributed by atoms with Gasteiger partial charge in [-0.1, -0.05) is 101 Å². The number of unbranched alkanes of at least 4 members (excludes halogenated alkanes) is 10. The van der Waals surface area contributed by atoms with Crippen LogP contribution in [0.1, 0.15) is 96.0 Å². The maximum atomic E-state index is 12.3. The first kappa shape index (κ1) is 25.9. The topological polar surface area (TPSA) is 78.5 Å². The van der Waals surface area contributed by atoms with Crippen molar-refractivity contribution in [2.75, 3.05) is 6.54 Å². The van der Waals surface area contributed by atoms with Gasteiger partial charge in [0.15, 0.2) is 0 Å². The fourth-order valence-corrected chi connectivity index (χ4v) is 4.15. The normalized spacial score (nSPS) is 15.7. The Labute approximate surface area is 193 Å². The summed E-state index contributed by atoms with van der Waals surface area (Å²) < 4.78 is 0. The maximum absolute atomic E-state index is 12.3. The predicted octanol–water partition coefficient (Wildman–Crippen LogP) is 4.88. The standard InChI is InChI=1S/C26H41N3O3/c1-2-3-4-5-6-7-8-9-10-11-15-18-24(30)27-28-26(32)23-19-25(31)29(21-23)20-22-16-13-12-14-17-22/h12-14,16-17,23H,2-11,15,18-21H2,1H3,(H,27,30)(H,28,32). The molecule has 0 spiro atoms. The molecular formula is C26H41N3O3. The van der Waals surface area contributed by atoms with E-state index in [1.807, 2.05) is 30.3 Å². The molecule has 1 fully saturated rings. The van der Waals surface area contributed by atoms with Crippen LogP contribution < -0.4 is 10.9 Å². The Morgan fingerprint density at radius 1 is 0.875 bits per heavy atom. The molecule has 1 saturated heterocycles. The third kappa shape index (κ3) is 10.3. The summed E-state index contributed by atoms with van der Waals surface area (Å²) in [6, 6.07) is 9.74. The predicted molar refractivity (Wildman–Crippen MR) is 127 cm³/mol. The van der Waals surface area contributed by atoms with E-state index >= 15 is 0 Å². The van der Waals surface area contributed by atoms with E-state index < -0.39 is 5.92 Å². The molecular weight excluding hydrogens is 402 g/mol. The van der Waals surface area contributed by atoms with Gasteiger partial charge < -0.3 is 4.90 Å². The molecule has 2 N–H and O–H groups in total. The lowest BCUT2D eigenvalue weighted by molar-refractivity contribution is -0.131. The number of likely N-dealkylation sites (tertiary alicyclic amines) is 1. The van der Waals surface area contributed by atoms with Gasteiger partial charge in [0.1, 0.15) is 0 Å². The molecule has 0 saturated carbocycles. The summed E-state index contributed by atoms with van der Waals surface area (Å²) >= 11 is 0. The molecule has 1 aliphatic rings. The number of rotatable bonds is 15. The van der Waals surface area contributed by atoms with Gasteiger partial charge in [0, 0.05) is 25.9 Å². The van der Waals surface area contributed by atoms with E-state index in [1.54, 1.807) is 4.90 Å². The second kappa shape index (κ2) is 15.4. The number of hydrogen-bond donors (Lipinski definition) is 2. The van der Waals surface area contributed by atoms with E-state index in [-0.39, 0.29) is 24.1 Å². The zero-order valence-electron chi connectivity index (χ0n) is 19.7. The molecule has 6 heteroatoms. The average molecular weight is 444 g/mol. The van der Waals surface area contributed by atoms with Crippen LogP contribution in [0.15, 0.2) is 30.3 Å². The van der Waals surface area contributed by atoms with Crippen LogP contribution in [-0.4, -0.2) is 29.2 Å². The number of amides is 3. The minimum atomic E-state index is -0.423. The molecule has 1 aromatic carbocycles. The molecule has 6 nitrogen and oxygen atoms in total. The number of carbonyl (C=O) groups excluding carboxylic acids is 3. The zero-order valence-corrected chi connectivity index (χ0v) is 19.7. The van der Waals surface area contributed by atoms with Crippen molar-refractivity contribution in [1.82, 2.24) is 15.8 Å². The van der Waals surface area contributed by atoms with Crippen molar-refractivity contribution >= 4 is 17.7 Å². The number of benzene rings is 1. The van der Waals surface area contributed by atoms with Crippen LogP contribution in [-0.2, 0) is 20.9 Å². The van der Waals surface area contributed by atoms with E-state index in [0.29, 0.717) is 19.5 Å². The Kier molecular flexibility index (Phi) is 12.5. The van der Waals surface area contributed by atoms with Crippen LogP contribution in [0.2, 0.25) is 0 Å². The van der Waals surface area contributed by atoms with E-state index in [9.17, 15) is 14.4 Å². The van der Waals surface area contributed by atoms with Gasteiger partial charge in [-0.05, 0) is 12.0 Å². The largest absolute Gasteiger partial charge is 0.338 e. The highest BCUT2D eigenvalue weighted by molar-refractivity contribution is 5.90. The van der Waals surface area contributed by atoms with Gasteiger partial charge in [0.05, 0.1) is 5.92 Å². The van der Waals surface area contributed by atoms with E-state index in [0.717, 1.165) is 24.8 Å². The van der Waals surface area contributed by atoms with Gasteiger partial charge >= 0.3 is 0 Å². The molecule has 0 aliphatic carbocycles. The lowest BCUT2D eigenvalue weighted by atomic mass is 10.1. The van der Waals surface area contributed by atoms with E-state index in [2.05, 4.69) is 17.8 Å². The molecule has 1 atom stereocenters. The summed E-state index contributed by atoms with van der Waals surface area (Å²) in [5.74, 6) is -0.907. The van der Waals surface area contributed by atoms with Crippen molar-refractivity contribution < 1.29 is 14.4 Å². The van der Waals surface area contributed by atoms with E-state index in [1.165, 1.54) is 51.4 Å². The molecule has 1 unspecified atom stereocenters. The molecule has 32 heavy (non-hydrogen) atoms. The van der Waals surface area contributed by atoms with Gasteiger partial charge in [-0.25, -0.2) is 0 Å². The molecule has 1 aliphatic heterocycles. The van der Waals surface area contributed by atoms with Crippen molar-refractivity contribution in [2.45, 2.75) is 96.9 Å². The third-order valence-electron chi connectivity index (χ3n) is 6.13. The SMILES string of the molecule is CCCCCCCCCCCCCC(=O)NNC(=O)C1CC(=O)N(Cc2ccccc2)C1. The van der Waals surface area contributed by atoms with Crippen LogP contribution in [0.5, 0.6) is 0 Å². The van der Waals surface area contributed by atoms with Crippen LogP contribution in [0.3, 0.4) is 0 Å². The van der Waals surface area contributed by atoms with Crippen molar-refractivity contribution in [3.8, 4) is 0 Å². The van der Waals surface area contributed by atoms with Crippen LogP contribution in [0, 0.1) is 5.92 Å². The Bertz CT molecular complexity index is 693. The number of nitrogens with zero attached hydrogens (tertiary/aromatic N) is 1. The third-order valence-corrected chi connectivity index (χ3v) is 6.13. The van der Waals surface area contributed by atoms with Crippen LogP contribution in [0.25, 0.3) is 0 Å². The minimum Gasteiger partial charge on any atom is -0.338 e. The fourth-order valence-electron chi connectivity index (χ4n) is 4.15. The monoisotopic (exact) mass is 443 g/mol. The Morgan fingerprint density at radius 3 is 2.09 bits per heavy atom. The summed E-state index contributed by atoms with van der Waals surface area (Å²) in [6.07, 6.45) is 14.2. The zero-order chi connectivity index (χ0) is 23.0. The summed E-state index contributed by atoms with van der Waals surface area (Å²) in [4.78, 5) is 38.3. The number of hydrogen-bond acceptors (Lipinski definition) is 3. The highest BCUT2D eigenvalue weighted by Gasteiger charge is 2.34. The molecule has 1 aromatic rings. The van der Waals surface area contributed by atoms with Crippen molar-refractivity contribution in [3.63, 3.8) is 0 Å². The molecule has 3 amide bonds. The smallest absolute Gasteiger partial charge is 0.243 e. The summed E-state index contributed by atoms with van der Waals surface area (Å²) in [5.41, 5.74) is 6.05. The minimum absolute atomic E-state index is 0.0266. The van der Waals surface area contributed by atoms with Crippen molar-refractivity contribution in [3.05, 3.63) is 35.9 Å². The van der Waals surface area contributed by atoms with E-state index in [4.69, 9.17) is 0 Å². The second-order valence-electron chi connectivity index (χ2n) is 8.98. The Hall–Kier alpha value is -2.37. The van der Waals surface area contributed by atoms with Crippen LogP contribution >= 0.6 is 0 Å². The average Bonchev–Trinajstić information content (AvgIpc) is 3.16. The highest BCUT2D eigenvalue weighted by Crippen LogP contribution is 2.20. The van der Waals surface area contributed by atoms with Gasteiger partial charge in [-0.3, -0.25) is 25.2 Å². The summed E-state index contributed by atoms with van der Waals surface area (Å²) in [5, 5.41) is 0. The fraction of sp³-hybridized carbons (Fsp3) is 0.654. The molecule has 2 rings (SSSR count). The highest BCUT2D eigenvalue weighted by atomic mass is 16.2. The van der Waals surface area contributed by atoms with Gasteiger partial charge in [-0.15, -0.1) is 0 Å². The maximum Gasteiger partial charge on any atom is 0.243 e. The molecule has 0 radical (unpaired) electrons. The first-order chi connectivity index (χ1) is 15.6. The molecule has 0 bridgehead atoms. The van der Waals surface area contributed by atoms with Gasteiger partial charge in [0.25, 0.3) is 0 Å². The lowest BCUT2D eigenvalue weighted by Crippen LogP contribution is -2.45.